The summed E-state index contributed by atoms with van der Waals surface area (Å²) in [6.45, 7) is 6.90. The Hall–Kier alpha value is -3.40. The molecule has 35 heavy (non-hydrogen) atoms. The predicted molar refractivity (Wildman–Crippen MR) is 125 cm³/mol. The Morgan fingerprint density at radius 3 is 2.20 bits per heavy atom. The van der Waals surface area contributed by atoms with Gasteiger partial charge in [-0.25, -0.2) is 13.2 Å². The number of hydrogen-bond donors (Lipinski definition) is 2. The highest BCUT2D eigenvalue weighted by molar-refractivity contribution is 5.95. The monoisotopic (exact) mass is 490 g/mol. The Balaban J connectivity index is 1.48. The van der Waals surface area contributed by atoms with Gasteiger partial charge < -0.3 is 15.5 Å². The van der Waals surface area contributed by atoms with Gasteiger partial charge in [-0.1, -0.05) is 30.3 Å². The summed E-state index contributed by atoms with van der Waals surface area (Å²) in [4.78, 5) is 41.4. The molecule has 0 bridgehead atoms. The van der Waals surface area contributed by atoms with Crippen molar-refractivity contribution in [1.29, 1.82) is 0 Å². The zero-order chi connectivity index (χ0) is 25.8. The standard InChI is InChI=1S/C25H29F3N4O3/c1-16(23(34)29-15-20(33)30-19-10-9-18(26)21(27)22(19)28)31-11-13-32(14-12-31)24(35)25(2,3)17-7-5-4-6-8-17/h4-10,16H,11-15H2,1-3H3,(H,29,34)(H,30,33). The summed E-state index contributed by atoms with van der Waals surface area (Å²) in [7, 11) is 0. The van der Waals surface area contributed by atoms with Gasteiger partial charge in [0.15, 0.2) is 17.5 Å². The van der Waals surface area contributed by atoms with Crippen LogP contribution >= 0.6 is 0 Å². The Bertz CT molecular complexity index is 1090. The van der Waals surface area contributed by atoms with Crippen molar-refractivity contribution in [1.82, 2.24) is 15.1 Å². The molecule has 3 rings (SSSR count). The molecular formula is C25H29F3N4O3. The van der Waals surface area contributed by atoms with Crippen molar-refractivity contribution in [2.75, 3.05) is 38.0 Å². The van der Waals surface area contributed by atoms with Crippen molar-refractivity contribution in [3.8, 4) is 0 Å². The normalized spacial score (nSPS) is 15.4. The molecule has 0 saturated carbocycles. The third-order valence-corrected chi connectivity index (χ3v) is 6.29. The summed E-state index contributed by atoms with van der Waals surface area (Å²) in [5, 5.41) is 4.57. The molecule has 1 unspecified atom stereocenters. The summed E-state index contributed by atoms with van der Waals surface area (Å²) in [5.41, 5.74) is -0.260. The first-order chi connectivity index (χ1) is 16.5. The Kier molecular flexibility index (Phi) is 8.16. The molecule has 1 aliphatic rings. The fraction of sp³-hybridized carbons (Fsp3) is 0.400. The molecule has 1 heterocycles. The molecule has 188 valence electrons. The Morgan fingerprint density at radius 1 is 0.943 bits per heavy atom. The molecule has 2 aromatic rings. The van der Waals surface area contributed by atoms with Gasteiger partial charge in [-0.15, -0.1) is 0 Å². The van der Waals surface area contributed by atoms with E-state index in [9.17, 15) is 27.6 Å². The molecule has 0 aromatic heterocycles. The first kappa shape index (κ1) is 26.2. The van der Waals surface area contributed by atoms with Crippen LogP contribution < -0.4 is 10.6 Å². The van der Waals surface area contributed by atoms with Crippen LogP contribution in [0.1, 0.15) is 26.3 Å². The molecule has 2 aromatic carbocycles. The molecule has 2 N–H and O–H groups in total. The number of piperazine rings is 1. The van der Waals surface area contributed by atoms with Gasteiger partial charge >= 0.3 is 0 Å². The van der Waals surface area contributed by atoms with Crippen LogP contribution in [-0.4, -0.2) is 66.3 Å². The molecule has 0 spiro atoms. The topological polar surface area (TPSA) is 81.8 Å². The van der Waals surface area contributed by atoms with Crippen LogP contribution in [0.2, 0.25) is 0 Å². The maximum Gasteiger partial charge on any atom is 0.243 e. The average Bonchev–Trinajstić information content (AvgIpc) is 2.87. The van der Waals surface area contributed by atoms with E-state index in [-0.39, 0.29) is 5.91 Å². The number of halogens is 3. The molecule has 10 heteroatoms. The summed E-state index contributed by atoms with van der Waals surface area (Å²) < 4.78 is 40.0. The van der Waals surface area contributed by atoms with Crippen LogP contribution in [0.15, 0.2) is 42.5 Å². The lowest BCUT2D eigenvalue weighted by Gasteiger charge is -2.40. The lowest BCUT2D eigenvalue weighted by atomic mass is 9.83. The van der Waals surface area contributed by atoms with Gasteiger partial charge in [0.1, 0.15) is 0 Å². The maximum absolute atomic E-state index is 13.7. The number of carbonyl (C=O) groups is 3. The van der Waals surface area contributed by atoms with Crippen LogP contribution in [0.25, 0.3) is 0 Å². The minimum absolute atomic E-state index is 0.0154. The van der Waals surface area contributed by atoms with Crippen LogP contribution in [0.3, 0.4) is 0 Å². The van der Waals surface area contributed by atoms with E-state index in [1.54, 1.807) is 11.8 Å². The number of carbonyl (C=O) groups excluding carboxylic acids is 3. The van der Waals surface area contributed by atoms with Crippen molar-refractivity contribution in [3.05, 3.63) is 65.5 Å². The maximum atomic E-state index is 13.7. The number of anilines is 1. The second kappa shape index (κ2) is 10.9. The summed E-state index contributed by atoms with van der Waals surface area (Å²) >= 11 is 0. The third-order valence-electron chi connectivity index (χ3n) is 6.29. The van der Waals surface area contributed by atoms with Crippen LogP contribution in [0.4, 0.5) is 18.9 Å². The van der Waals surface area contributed by atoms with E-state index in [0.29, 0.717) is 32.2 Å². The fourth-order valence-corrected chi connectivity index (χ4v) is 3.98. The molecule has 7 nitrogen and oxygen atoms in total. The fourth-order valence-electron chi connectivity index (χ4n) is 3.98. The summed E-state index contributed by atoms with van der Waals surface area (Å²) in [6.07, 6.45) is 0. The number of amides is 3. The van der Waals surface area contributed by atoms with E-state index in [1.807, 2.05) is 49.1 Å². The van der Waals surface area contributed by atoms with Crippen LogP contribution in [-0.2, 0) is 19.8 Å². The van der Waals surface area contributed by atoms with Gasteiger partial charge in [0.25, 0.3) is 0 Å². The molecule has 3 amide bonds. The second-order valence-electron chi connectivity index (χ2n) is 8.98. The predicted octanol–water partition coefficient (Wildman–Crippen LogP) is 2.67. The van der Waals surface area contributed by atoms with Crippen molar-refractivity contribution < 1.29 is 27.6 Å². The quantitative estimate of drug-likeness (QED) is 0.585. The molecule has 1 aliphatic heterocycles. The van der Waals surface area contributed by atoms with Crippen molar-refractivity contribution >= 4 is 23.4 Å². The Morgan fingerprint density at radius 2 is 1.57 bits per heavy atom. The minimum atomic E-state index is -1.69. The molecule has 0 aliphatic carbocycles. The van der Waals surface area contributed by atoms with Gasteiger partial charge in [0.05, 0.1) is 23.7 Å². The Labute approximate surface area is 202 Å². The van der Waals surface area contributed by atoms with E-state index in [0.717, 1.165) is 11.6 Å². The summed E-state index contributed by atoms with van der Waals surface area (Å²) in [6, 6.07) is 10.6. The zero-order valence-electron chi connectivity index (χ0n) is 19.9. The first-order valence-corrected chi connectivity index (χ1v) is 11.3. The van der Waals surface area contributed by atoms with Gasteiger partial charge in [-0.05, 0) is 38.5 Å². The van der Waals surface area contributed by atoms with Gasteiger partial charge in [0, 0.05) is 26.2 Å². The SMILES string of the molecule is CC(C(=O)NCC(=O)Nc1ccc(F)c(F)c1F)N1CCN(C(=O)C(C)(C)c2ccccc2)CC1. The molecule has 1 saturated heterocycles. The number of hydrogen-bond acceptors (Lipinski definition) is 4. The number of nitrogens with zero attached hydrogens (tertiary/aromatic N) is 2. The van der Waals surface area contributed by atoms with Gasteiger partial charge in [0.2, 0.25) is 17.7 Å². The summed E-state index contributed by atoms with van der Waals surface area (Å²) in [5.74, 6) is -5.76. The number of rotatable bonds is 7. The molecule has 1 atom stereocenters. The lowest BCUT2D eigenvalue weighted by Crippen LogP contribution is -2.57. The largest absolute Gasteiger partial charge is 0.346 e. The highest BCUT2D eigenvalue weighted by Crippen LogP contribution is 2.26. The van der Waals surface area contributed by atoms with Crippen LogP contribution in [0, 0.1) is 17.5 Å². The molecule has 0 radical (unpaired) electrons. The van der Waals surface area contributed by atoms with E-state index in [2.05, 4.69) is 10.6 Å². The number of nitrogens with one attached hydrogen (secondary N) is 2. The average molecular weight is 491 g/mol. The van der Waals surface area contributed by atoms with Crippen molar-refractivity contribution in [2.24, 2.45) is 0 Å². The van der Waals surface area contributed by atoms with E-state index in [4.69, 9.17) is 0 Å². The van der Waals surface area contributed by atoms with Crippen molar-refractivity contribution in [2.45, 2.75) is 32.2 Å². The third kappa shape index (κ3) is 6.00. The molecular weight excluding hydrogens is 461 g/mol. The smallest absolute Gasteiger partial charge is 0.243 e. The second-order valence-corrected chi connectivity index (χ2v) is 8.98. The number of benzene rings is 2. The highest BCUT2D eigenvalue weighted by Gasteiger charge is 2.36. The van der Waals surface area contributed by atoms with Gasteiger partial charge in [-0.3, -0.25) is 19.3 Å². The highest BCUT2D eigenvalue weighted by atomic mass is 19.2. The van der Waals surface area contributed by atoms with E-state index < -0.39 is 53.0 Å². The van der Waals surface area contributed by atoms with Crippen LogP contribution in [0.5, 0.6) is 0 Å². The molecule has 1 fully saturated rings. The van der Waals surface area contributed by atoms with E-state index in [1.165, 1.54) is 0 Å². The van der Waals surface area contributed by atoms with Crippen molar-refractivity contribution in [3.63, 3.8) is 0 Å². The minimum Gasteiger partial charge on any atom is -0.346 e. The van der Waals surface area contributed by atoms with Gasteiger partial charge in [-0.2, -0.15) is 0 Å². The lowest BCUT2D eigenvalue weighted by molar-refractivity contribution is -0.139. The first-order valence-electron chi connectivity index (χ1n) is 11.3. The zero-order valence-corrected chi connectivity index (χ0v) is 19.9. The van der Waals surface area contributed by atoms with E-state index >= 15 is 0 Å².